The average Bonchev–Trinajstić information content (AvgIpc) is 2.11. The van der Waals surface area contributed by atoms with Crippen LogP contribution in [-0.4, -0.2) is 8.42 Å². The van der Waals surface area contributed by atoms with E-state index in [9.17, 15) is 12.3 Å². The van der Waals surface area contributed by atoms with Gasteiger partial charge in [-0.2, -0.15) is 8.42 Å². The van der Waals surface area contributed by atoms with Gasteiger partial charge in [0.25, 0.3) is 0 Å². The maximum absolute atomic E-state index is 12.0. The molecule has 0 aliphatic rings. The van der Waals surface area contributed by atoms with E-state index in [1.165, 1.54) is 6.92 Å². The van der Waals surface area contributed by atoms with Crippen LogP contribution < -0.4 is 0 Å². The van der Waals surface area contributed by atoms with Crippen molar-refractivity contribution in [3.05, 3.63) is 18.1 Å². The van der Waals surface area contributed by atoms with Crippen LogP contribution >= 0.6 is 0 Å². The van der Waals surface area contributed by atoms with Gasteiger partial charge in [0.1, 0.15) is 16.9 Å². The third kappa shape index (κ3) is 1.36. The van der Waals surface area contributed by atoms with Crippen LogP contribution in [0.5, 0.6) is 0 Å². The first kappa shape index (κ1) is 7.27. The van der Waals surface area contributed by atoms with Crippen molar-refractivity contribution < 1.29 is 16.7 Å². The fraction of sp³-hybridized carbons (Fsp3) is 0.200. The Hall–Kier alpha value is -0.840. The molecule has 0 radical (unpaired) electrons. The highest BCUT2D eigenvalue weighted by Gasteiger charge is 2.13. The highest BCUT2D eigenvalue weighted by molar-refractivity contribution is 7.86. The van der Waals surface area contributed by atoms with Crippen molar-refractivity contribution in [2.24, 2.45) is 0 Å². The Morgan fingerprint density at radius 1 is 1.60 bits per heavy atom. The molecule has 0 N–H and O–H groups in total. The lowest BCUT2D eigenvalue weighted by Gasteiger charge is -1.80. The van der Waals surface area contributed by atoms with E-state index in [0.717, 1.165) is 12.3 Å². The largest absolute Gasteiger partial charge is 0.468 e. The van der Waals surface area contributed by atoms with Crippen LogP contribution in [0.3, 0.4) is 0 Å². The molecule has 5 heteroatoms. The lowest BCUT2D eigenvalue weighted by atomic mass is 10.5. The summed E-state index contributed by atoms with van der Waals surface area (Å²) >= 11 is 0. The van der Waals surface area contributed by atoms with Gasteiger partial charge < -0.3 is 4.42 Å². The zero-order valence-corrected chi connectivity index (χ0v) is 5.98. The van der Waals surface area contributed by atoms with Crippen molar-refractivity contribution in [3.8, 4) is 0 Å². The molecule has 0 aliphatic heterocycles. The molecule has 1 rings (SSSR count). The summed E-state index contributed by atoms with van der Waals surface area (Å²) in [6, 6.07) is 1.12. The third-order valence-electron chi connectivity index (χ3n) is 0.988. The van der Waals surface area contributed by atoms with Gasteiger partial charge in [0.15, 0.2) is 0 Å². The second kappa shape index (κ2) is 2.09. The van der Waals surface area contributed by atoms with Crippen molar-refractivity contribution >= 4 is 10.2 Å². The molecule has 10 heavy (non-hydrogen) atoms. The number of halogens is 1. The molecule has 56 valence electrons. The van der Waals surface area contributed by atoms with Crippen LogP contribution in [0.4, 0.5) is 3.89 Å². The molecule has 3 nitrogen and oxygen atoms in total. The molecular weight excluding hydrogens is 159 g/mol. The summed E-state index contributed by atoms with van der Waals surface area (Å²) in [5, 5.41) is 0. The molecule has 0 saturated heterocycles. The first-order valence-electron chi connectivity index (χ1n) is 2.50. The average molecular weight is 164 g/mol. The second-order valence-electron chi connectivity index (χ2n) is 1.83. The normalized spacial score (nSPS) is 11.8. The topological polar surface area (TPSA) is 47.3 Å². The molecule has 0 aliphatic carbocycles. The molecule has 1 aromatic heterocycles. The van der Waals surface area contributed by atoms with Crippen LogP contribution in [0, 0.1) is 6.92 Å². The van der Waals surface area contributed by atoms with Crippen LogP contribution in [0.25, 0.3) is 0 Å². The minimum absolute atomic E-state index is 0.372. The Bertz CT molecular complexity index is 324. The lowest BCUT2D eigenvalue weighted by Crippen LogP contribution is -1.86. The van der Waals surface area contributed by atoms with Crippen LogP contribution in [0.1, 0.15) is 5.76 Å². The van der Waals surface area contributed by atoms with E-state index in [2.05, 4.69) is 4.42 Å². The smallest absolute Gasteiger partial charge is 0.335 e. The monoisotopic (exact) mass is 164 g/mol. The number of aryl methyl sites for hydroxylation is 1. The molecule has 1 aromatic rings. The van der Waals surface area contributed by atoms with Crippen LogP contribution in [0.2, 0.25) is 0 Å². The van der Waals surface area contributed by atoms with Gasteiger partial charge in [-0.3, -0.25) is 0 Å². The minimum Gasteiger partial charge on any atom is -0.468 e. The lowest BCUT2D eigenvalue weighted by molar-refractivity contribution is 0.522. The van der Waals surface area contributed by atoms with Gasteiger partial charge in [-0.05, 0) is 6.92 Å². The first-order chi connectivity index (χ1) is 4.50. The van der Waals surface area contributed by atoms with Crippen molar-refractivity contribution in [1.82, 2.24) is 0 Å². The van der Waals surface area contributed by atoms with Crippen LogP contribution in [-0.2, 0) is 10.2 Å². The molecule has 0 spiro atoms. The highest BCUT2D eigenvalue weighted by Crippen LogP contribution is 2.14. The fourth-order valence-electron chi connectivity index (χ4n) is 0.547. The number of rotatable bonds is 1. The van der Waals surface area contributed by atoms with E-state index in [1.807, 2.05) is 0 Å². The van der Waals surface area contributed by atoms with E-state index in [0.29, 0.717) is 5.76 Å². The molecule has 1 heterocycles. The van der Waals surface area contributed by atoms with E-state index in [4.69, 9.17) is 0 Å². The van der Waals surface area contributed by atoms with Gasteiger partial charge in [-0.1, -0.05) is 0 Å². The molecule has 0 atom stereocenters. The second-order valence-corrected chi connectivity index (χ2v) is 3.18. The molecule has 0 aromatic carbocycles. The maximum atomic E-state index is 12.0. The third-order valence-corrected chi connectivity index (χ3v) is 1.77. The van der Waals surface area contributed by atoms with Gasteiger partial charge in [-0.15, -0.1) is 3.89 Å². The molecule has 0 fully saturated rings. The van der Waals surface area contributed by atoms with Crippen molar-refractivity contribution in [1.29, 1.82) is 0 Å². The van der Waals surface area contributed by atoms with E-state index < -0.39 is 15.1 Å². The zero-order chi connectivity index (χ0) is 7.78. The summed E-state index contributed by atoms with van der Waals surface area (Å²) in [7, 11) is -4.58. The van der Waals surface area contributed by atoms with Crippen LogP contribution in [0.15, 0.2) is 21.6 Å². The fourth-order valence-corrected chi connectivity index (χ4v) is 1.02. The molecule has 0 unspecified atom stereocenters. The van der Waals surface area contributed by atoms with E-state index >= 15 is 0 Å². The molecular formula is C5H5FO3S. The van der Waals surface area contributed by atoms with E-state index in [-0.39, 0.29) is 0 Å². The predicted molar refractivity (Wildman–Crippen MR) is 31.7 cm³/mol. The van der Waals surface area contributed by atoms with Crippen molar-refractivity contribution in [2.75, 3.05) is 0 Å². The van der Waals surface area contributed by atoms with Crippen molar-refractivity contribution in [2.45, 2.75) is 11.8 Å². The minimum atomic E-state index is -4.58. The number of hydrogen-bond donors (Lipinski definition) is 0. The number of hydrogen-bond acceptors (Lipinski definition) is 3. The first-order valence-corrected chi connectivity index (χ1v) is 3.88. The standard InChI is InChI=1S/C5H5FO3S/c1-4-2-5(3-9-4)10(6,7)8/h2-3H,1H3. The van der Waals surface area contributed by atoms with Gasteiger partial charge in [0.2, 0.25) is 0 Å². The Morgan fingerprint density at radius 2 is 2.20 bits per heavy atom. The Labute approximate surface area is 57.7 Å². The number of furan rings is 1. The summed E-state index contributed by atoms with van der Waals surface area (Å²) in [6.07, 6.45) is 0.866. The Kier molecular flexibility index (Phi) is 1.52. The highest BCUT2D eigenvalue weighted by atomic mass is 32.3. The summed E-state index contributed by atoms with van der Waals surface area (Å²) in [5.74, 6) is 0.372. The van der Waals surface area contributed by atoms with Gasteiger partial charge >= 0.3 is 10.2 Å². The summed E-state index contributed by atoms with van der Waals surface area (Å²) in [6.45, 7) is 1.54. The summed E-state index contributed by atoms with van der Waals surface area (Å²) in [5.41, 5.74) is 0. The quantitative estimate of drug-likeness (QED) is 0.587. The molecule has 0 amide bonds. The zero-order valence-electron chi connectivity index (χ0n) is 5.17. The van der Waals surface area contributed by atoms with Gasteiger partial charge in [0.05, 0.1) is 0 Å². The molecule has 0 saturated carbocycles. The Balaban J connectivity index is 3.21. The van der Waals surface area contributed by atoms with E-state index in [1.54, 1.807) is 0 Å². The predicted octanol–water partition coefficient (Wildman–Crippen LogP) is 1.25. The molecule has 0 bridgehead atoms. The van der Waals surface area contributed by atoms with Gasteiger partial charge in [-0.25, -0.2) is 0 Å². The summed E-state index contributed by atoms with van der Waals surface area (Å²) < 4.78 is 36.9. The SMILES string of the molecule is Cc1cc(S(=O)(=O)F)co1. The Morgan fingerprint density at radius 3 is 2.40 bits per heavy atom. The maximum Gasteiger partial charge on any atom is 0.335 e. The van der Waals surface area contributed by atoms with Crippen molar-refractivity contribution in [3.63, 3.8) is 0 Å². The van der Waals surface area contributed by atoms with Gasteiger partial charge in [0, 0.05) is 6.07 Å². The summed E-state index contributed by atoms with van der Waals surface area (Å²) in [4.78, 5) is -0.426.